The highest BCUT2D eigenvalue weighted by molar-refractivity contribution is 5.25. The first-order chi connectivity index (χ1) is 10.2. The molecule has 1 aromatic rings. The van der Waals surface area contributed by atoms with E-state index in [4.69, 9.17) is 4.74 Å². The summed E-state index contributed by atoms with van der Waals surface area (Å²) in [5.74, 6) is 0.606. The van der Waals surface area contributed by atoms with Gasteiger partial charge in [-0.25, -0.2) is 0 Å². The fourth-order valence-corrected chi connectivity index (χ4v) is 3.04. The first-order valence-electron chi connectivity index (χ1n) is 8.64. The van der Waals surface area contributed by atoms with Gasteiger partial charge in [-0.2, -0.15) is 0 Å². The summed E-state index contributed by atoms with van der Waals surface area (Å²) in [7, 11) is 0. The molecule has 0 amide bonds. The second-order valence-corrected chi connectivity index (χ2v) is 6.57. The van der Waals surface area contributed by atoms with Gasteiger partial charge in [-0.3, -0.25) is 0 Å². The average Bonchev–Trinajstić information content (AvgIpc) is 2.52. The predicted octanol–water partition coefficient (Wildman–Crippen LogP) is 4.29. The van der Waals surface area contributed by atoms with Gasteiger partial charge in [0.15, 0.2) is 0 Å². The maximum atomic E-state index is 6.01. The fraction of sp³-hybridized carbons (Fsp3) is 0.684. The summed E-state index contributed by atoms with van der Waals surface area (Å²) in [6.45, 7) is 8.73. The molecule has 0 spiro atoms. The van der Waals surface area contributed by atoms with Gasteiger partial charge in [0.05, 0.1) is 6.10 Å². The highest BCUT2D eigenvalue weighted by Crippen LogP contribution is 2.20. The molecule has 2 nitrogen and oxygen atoms in total. The van der Waals surface area contributed by atoms with Crippen molar-refractivity contribution in [2.45, 2.75) is 70.9 Å². The van der Waals surface area contributed by atoms with Gasteiger partial charge in [0.1, 0.15) is 0 Å². The molecule has 0 aromatic heterocycles. The molecule has 2 rings (SSSR count). The van der Waals surface area contributed by atoms with E-state index in [1.165, 1.54) is 36.8 Å². The molecule has 0 saturated carbocycles. The van der Waals surface area contributed by atoms with E-state index in [1.807, 2.05) is 0 Å². The molecule has 1 fully saturated rings. The Balaban J connectivity index is 1.99. The minimum atomic E-state index is 0.384. The van der Waals surface area contributed by atoms with E-state index in [9.17, 15) is 0 Å². The number of hydrogen-bond acceptors (Lipinski definition) is 2. The third kappa shape index (κ3) is 5.12. The lowest BCUT2D eigenvalue weighted by Crippen LogP contribution is -2.44. The maximum Gasteiger partial charge on any atom is 0.0731 e. The zero-order valence-corrected chi connectivity index (χ0v) is 13.9. The Kier molecular flexibility index (Phi) is 6.72. The Morgan fingerprint density at radius 2 is 1.95 bits per heavy atom. The molecule has 1 N–H and O–H groups in total. The monoisotopic (exact) mass is 289 g/mol. The van der Waals surface area contributed by atoms with E-state index in [0.29, 0.717) is 18.1 Å². The molecule has 1 saturated heterocycles. The molecule has 0 bridgehead atoms. The lowest BCUT2D eigenvalue weighted by atomic mass is 9.94. The predicted molar refractivity (Wildman–Crippen MR) is 89.9 cm³/mol. The first-order valence-corrected chi connectivity index (χ1v) is 8.64. The van der Waals surface area contributed by atoms with Gasteiger partial charge >= 0.3 is 0 Å². The van der Waals surface area contributed by atoms with Crippen molar-refractivity contribution in [2.75, 3.05) is 13.2 Å². The summed E-state index contributed by atoms with van der Waals surface area (Å²) < 4.78 is 6.01. The zero-order chi connectivity index (χ0) is 15.1. The van der Waals surface area contributed by atoms with Crippen LogP contribution in [0.15, 0.2) is 24.3 Å². The van der Waals surface area contributed by atoms with Crippen LogP contribution in [0.1, 0.15) is 63.5 Å². The Labute approximate surface area is 130 Å². The Hall–Kier alpha value is -0.860. The highest BCUT2D eigenvalue weighted by Gasteiger charge is 2.24. The molecular weight excluding hydrogens is 258 g/mol. The summed E-state index contributed by atoms with van der Waals surface area (Å²) in [6, 6.07) is 9.59. The second kappa shape index (κ2) is 8.55. The number of rotatable bonds is 7. The first kappa shape index (κ1) is 16.5. The van der Waals surface area contributed by atoms with Gasteiger partial charge in [0.2, 0.25) is 0 Å². The molecule has 0 radical (unpaired) electrons. The normalized spacial score (nSPS) is 20.7. The third-order valence-electron chi connectivity index (χ3n) is 4.42. The van der Waals surface area contributed by atoms with Crippen molar-refractivity contribution in [3.63, 3.8) is 0 Å². The van der Waals surface area contributed by atoms with Crippen LogP contribution in [0.3, 0.4) is 0 Å². The number of nitrogens with one attached hydrogen (secondary N) is 1. The lowest BCUT2D eigenvalue weighted by Gasteiger charge is -2.31. The summed E-state index contributed by atoms with van der Waals surface area (Å²) in [5, 5.41) is 3.70. The van der Waals surface area contributed by atoms with Crippen LogP contribution < -0.4 is 5.32 Å². The number of benzene rings is 1. The summed E-state index contributed by atoms with van der Waals surface area (Å²) in [6.07, 6.45) is 6.36. The number of ether oxygens (including phenoxy) is 1. The van der Waals surface area contributed by atoms with Gasteiger partial charge in [0, 0.05) is 12.6 Å². The summed E-state index contributed by atoms with van der Waals surface area (Å²) >= 11 is 0. The van der Waals surface area contributed by atoms with Crippen molar-refractivity contribution in [1.29, 1.82) is 0 Å². The van der Waals surface area contributed by atoms with Crippen LogP contribution in [0.5, 0.6) is 0 Å². The van der Waals surface area contributed by atoms with Crippen LogP contribution in [-0.2, 0) is 11.2 Å². The Morgan fingerprint density at radius 1 is 1.19 bits per heavy atom. The summed E-state index contributed by atoms with van der Waals surface area (Å²) in [4.78, 5) is 0. The molecule has 1 aliphatic rings. The molecule has 2 unspecified atom stereocenters. The van der Waals surface area contributed by atoms with Gasteiger partial charge < -0.3 is 10.1 Å². The second-order valence-electron chi connectivity index (χ2n) is 6.57. The maximum absolute atomic E-state index is 6.01. The molecule has 1 aromatic carbocycles. The fourth-order valence-electron chi connectivity index (χ4n) is 3.04. The average molecular weight is 289 g/mol. The molecule has 1 heterocycles. The topological polar surface area (TPSA) is 21.3 Å². The standard InChI is InChI=1S/C19H31NO/c1-4-12-20-18(19-7-5-6-13-21-19)14-16-8-10-17(11-9-16)15(2)3/h8-11,15,18-20H,4-7,12-14H2,1-3H3. The Bertz CT molecular complexity index is 393. The van der Waals surface area contributed by atoms with Crippen LogP contribution >= 0.6 is 0 Å². The van der Waals surface area contributed by atoms with Gasteiger partial charge in [-0.05, 0) is 55.7 Å². The van der Waals surface area contributed by atoms with Crippen molar-refractivity contribution < 1.29 is 4.74 Å². The van der Waals surface area contributed by atoms with Crippen LogP contribution in [-0.4, -0.2) is 25.3 Å². The van der Waals surface area contributed by atoms with Gasteiger partial charge in [-0.15, -0.1) is 0 Å². The van der Waals surface area contributed by atoms with E-state index in [0.717, 1.165) is 19.6 Å². The van der Waals surface area contributed by atoms with E-state index in [2.05, 4.69) is 50.4 Å². The SMILES string of the molecule is CCCNC(Cc1ccc(C(C)C)cc1)C1CCCCO1. The van der Waals surface area contributed by atoms with E-state index in [1.54, 1.807) is 0 Å². The minimum Gasteiger partial charge on any atom is -0.377 e. The van der Waals surface area contributed by atoms with Crippen LogP contribution in [0.2, 0.25) is 0 Å². The number of hydrogen-bond donors (Lipinski definition) is 1. The van der Waals surface area contributed by atoms with Crippen LogP contribution in [0, 0.1) is 0 Å². The lowest BCUT2D eigenvalue weighted by molar-refractivity contribution is -0.00737. The molecule has 21 heavy (non-hydrogen) atoms. The Morgan fingerprint density at radius 3 is 2.52 bits per heavy atom. The van der Waals surface area contributed by atoms with E-state index < -0.39 is 0 Å². The molecule has 0 aliphatic carbocycles. The smallest absolute Gasteiger partial charge is 0.0731 e. The van der Waals surface area contributed by atoms with E-state index in [-0.39, 0.29) is 0 Å². The highest BCUT2D eigenvalue weighted by atomic mass is 16.5. The third-order valence-corrected chi connectivity index (χ3v) is 4.42. The van der Waals surface area contributed by atoms with Crippen molar-refractivity contribution in [3.05, 3.63) is 35.4 Å². The molecule has 2 atom stereocenters. The minimum absolute atomic E-state index is 0.384. The molecule has 1 aliphatic heterocycles. The van der Waals surface area contributed by atoms with Crippen molar-refractivity contribution in [3.8, 4) is 0 Å². The molecule has 2 heteroatoms. The molecule has 118 valence electrons. The summed E-state index contributed by atoms with van der Waals surface area (Å²) in [5.41, 5.74) is 2.84. The van der Waals surface area contributed by atoms with Crippen molar-refractivity contribution >= 4 is 0 Å². The largest absolute Gasteiger partial charge is 0.377 e. The van der Waals surface area contributed by atoms with Crippen molar-refractivity contribution in [1.82, 2.24) is 5.32 Å². The molecular formula is C19H31NO. The quantitative estimate of drug-likeness (QED) is 0.808. The van der Waals surface area contributed by atoms with E-state index >= 15 is 0 Å². The van der Waals surface area contributed by atoms with Crippen LogP contribution in [0.25, 0.3) is 0 Å². The van der Waals surface area contributed by atoms with Crippen LogP contribution in [0.4, 0.5) is 0 Å². The van der Waals surface area contributed by atoms with Crippen molar-refractivity contribution in [2.24, 2.45) is 0 Å². The van der Waals surface area contributed by atoms with Gasteiger partial charge in [-0.1, -0.05) is 45.0 Å². The van der Waals surface area contributed by atoms with Gasteiger partial charge in [0.25, 0.3) is 0 Å². The zero-order valence-electron chi connectivity index (χ0n) is 13.9.